The predicted molar refractivity (Wildman–Crippen MR) is 61.3 cm³/mol. The molecule has 94 valence electrons. The number of aromatic nitrogens is 2. The molecule has 0 aliphatic carbocycles. The third-order valence-electron chi connectivity index (χ3n) is 1.47. The molecule has 2 rings (SSSR count). The number of halogens is 1. The van der Waals surface area contributed by atoms with Gasteiger partial charge in [0.2, 0.25) is 0 Å². The number of hydrogen-bond acceptors (Lipinski definition) is 3. The summed E-state index contributed by atoms with van der Waals surface area (Å²) >= 11 is 3.66. The number of hydrogen-bond donors (Lipinski definition) is 1. The Morgan fingerprint density at radius 1 is 1.06 bits per heavy atom. The average Bonchev–Trinajstić information content (AvgIpc) is 2.44. The second kappa shape index (κ2) is 11.1. The van der Waals surface area contributed by atoms with Gasteiger partial charge in [-0.05, 0) is 24.3 Å². The van der Waals surface area contributed by atoms with E-state index in [4.69, 9.17) is 5.11 Å². The first kappa shape index (κ1) is 15.6. The van der Waals surface area contributed by atoms with Gasteiger partial charge in [0.25, 0.3) is 0 Å². The molecule has 0 saturated heterocycles. The van der Waals surface area contributed by atoms with Crippen LogP contribution < -0.4 is 0 Å². The van der Waals surface area contributed by atoms with E-state index in [1.165, 1.54) is 18.5 Å². The molecule has 0 radical (unpaired) electrons. The van der Waals surface area contributed by atoms with E-state index in [-0.39, 0.29) is 5.56 Å². The summed E-state index contributed by atoms with van der Waals surface area (Å²) in [6.07, 6.45) is 6.34. The van der Waals surface area contributed by atoms with E-state index in [9.17, 15) is 4.79 Å². The van der Waals surface area contributed by atoms with Crippen LogP contribution in [0.3, 0.4) is 0 Å². The first-order valence-corrected chi connectivity index (χ1v) is 5.70. The molecule has 0 bridgehead atoms. The van der Waals surface area contributed by atoms with E-state index in [0.29, 0.717) is 0 Å². The van der Waals surface area contributed by atoms with Crippen molar-refractivity contribution in [2.24, 2.45) is 0 Å². The molecule has 17 heavy (non-hydrogen) atoms. The summed E-state index contributed by atoms with van der Waals surface area (Å²) in [4.78, 5) is 17.6. The van der Waals surface area contributed by atoms with E-state index >= 15 is 0 Å². The molecule has 0 unspecified atom stereocenters. The summed E-state index contributed by atoms with van der Waals surface area (Å²) in [6, 6.07) is 8.80. The van der Waals surface area contributed by atoms with Gasteiger partial charge in [0, 0.05) is 24.8 Å². The average molecular weight is 301 g/mol. The molecule has 1 N–H and O–H groups in total. The third kappa shape index (κ3) is 8.39. The molecule has 6 heteroatoms. The monoisotopic (exact) mass is 300 g/mol. The van der Waals surface area contributed by atoms with Crippen molar-refractivity contribution in [2.75, 3.05) is 0 Å². The van der Waals surface area contributed by atoms with Crippen molar-refractivity contribution in [2.45, 2.75) is 0 Å². The van der Waals surface area contributed by atoms with Crippen molar-refractivity contribution in [1.29, 1.82) is 0 Å². The van der Waals surface area contributed by atoms with Gasteiger partial charge in [-0.3, -0.25) is 9.97 Å². The third-order valence-corrected chi connectivity index (χ3v) is 1.47. The quantitative estimate of drug-likeness (QED) is 0.822. The fourth-order valence-corrected chi connectivity index (χ4v) is 0.802. The Kier molecular flexibility index (Phi) is 10.2. The molecule has 0 aliphatic heterocycles. The molecule has 4 nitrogen and oxygen atoms in total. The van der Waals surface area contributed by atoms with Crippen LogP contribution in [0.2, 0.25) is 0 Å². The molecule has 0 fully saturated rings. The molecular formula is C11H10ClCuN2O2. The summed E-state index contributed by atoms with van der Waals surface area (Å²) in [5, 5.41) is 8.34. The van der Waals surface area contributed by atoms with E-state index in [1.807, 2.05) is 18.2 Å². The van der Waals surface area contributed by atoms with Crippen LogP contribution in [-0.4, -0.2) is 21.0 Å². The molecule has 0 spiro atoms. The van der Waals surface area contributed by atoms with Gasteiger partial charge in [-0.1, -0.05) is 6.07 Å². The van der Waals surface area contributed by atoms with Crippen molar-refractivity contribution < 1.29 is 25.0 Å². The van der Waals surface area contributed by atoms with Crippen molar-refractivity contribution in [3.63, 3.8) is 0 Å². The molecule has 0 amide bonds. The van der Waals surface area contributed by atoms with Crippen molar-refractivity contribution in [3.8, 4) is 0 Å². The van der Waals surface area contributed by atoms with Gasteiger partial charge < -0.3 is 5.11 Å². The Labute approximate surface area is 112 Å². The largest absolute Gasteiger partial charge is 0.265 e. The number of pyridine rings is 2. The fourth-order valence-electron chi connectivity index (χ4n) is 0.802. The Bertz CT molecular complexity index is 374. The summed E-state index contributed by atoms with van der Waals surface area (Å²) in [6.45, 7) is 0. The normalized spacial score (nSPS) is 7.94. The molecule has 0 atom stereocenters. The summed E-state index contributed by atoms with van der Waals surface area (Å²) < 4.78 is 0. The second-order valence-electron chi connectivity index (χ2n) is 2.57. The maximum absolute atomic E-state index is 10.2. The van der Waals surface area contributed by atoms with Gasteiger partial charge >= 0.3 is 31.2 Å². The maximum Gasteiger partial charge on any atom is 0.0267 e. The molecular weight excluding hydrogens is 291 g/mol. The maximum atomic E-state index is 10.2. The van der Waals surface area contributed by atoms with E-state index in [0.717, 1.165) is 0 Å². The minimum absolute atomic E-state index is 0.220. The zero-order chi connectivity index (χ0) is 12.9. The van der Waals surface area contributed by atoms with E-state index in [1.54, 1.807) is 18.5 Å². The zero-order valence-electron chi connectivity index (χ0n) is 8.63. The van der Waals surface area contributed by atoms with Crippen LogP contribution in [-0.2, 0) is 15.1 Å². The minimum Gasteiger partial charge on any atom is -0.265 e. The van der Waals surface area contributed by atoms with E-state index in [2.05, 4.69) is 35.2 Å². The summed E-state index contributed by atoms with van der Waals surface area (Å²) in [5.41, 5.74) is 0.220. The van der Waals surface area contributed by atoms with Gasteiger partial charge in [0.1, 0.15) is 0 Å². The molecule has 0 aromatic carbocycles. The Morgan fingerprint density at radius 3 is 1.88 bits per heavy atom. The molecule has 0 saturated carbocycles. The Balaban J connectivity index is 0.000000278. The van der Waals surface area contributed by atoms with Gasteiger partial charge in [0.15, 0.2) is 0 Å². The van der Waals surface area contributed by atoms with Crippen LogP contribution in [0.1, 0.15) is 10.4 Å². The first-order chi connectivity index (χ1) is 8.30. The zero-order valence-corrected chi connectivity index (χ0v) is 10.3. The SMILES string of the molecule is O=C(O)c1cccnc1.[Cl][Cu].c1ccncc1. The van der Waals surface area contributed by atoms with Gasteiger partial charge in [-0.15, -0.1) is 0 Å². The number of carboxylic acid groups (broad SMARTS) is 1. The minimum atomic E-state index is -0.942. The number of aromatic carboxylic acids is 1. The van der Waals surface area contributed by atoms with Crippen molar-refractivity contribution in [1.82, 2.24) is 9.97 Å². The summed E-state index contributed by atoms with van der Waals surface area (Å²) in [7, 11) is 4.20. The van der Waals surface area contributed by atoms with Gasteiger partial charge in [0.05, 0.1) is 5.56 Å². The molecule has 2 aromatic heterocycles. The van der Waals surface area contributed by atoms with E-state index < -0.39 is 5.97 Å². The molecule has 2 heterocycles. The van der Waals surface area contributed by atoms with Crippen LogP contribution in [0.5, 0.6) is 0 Å². The fraction of sp³-hybridized carbons (Fsp3) is 0. The molecule has 0 aliphatic rings. The van der Waals surface area contributed by atoms with Crippen molar-refractivity contribution in [3.05, 3.63) is 60.7 Å². The van der Waals surface area contributed by atoms with Gasteiger partial charge in [-0.2, -0.15) is 0 Å². The van der Waals surface area contributed by atoms with Crippen molar-refractivity contribution >= 4 is 16.1 Å². The second-order valence-corrected chi connectivity index (χ2v) is 2.57. The van der Waals surface area contributed by atoms with Crippen LogP contribution >= 0.6 is 10.1 Å². The van der Waals surface area contributed by atoms with Crippen LogP contribution in [0.4, 0.5) is 0 Å². The smallest absolute Gasteiger partial charge is 0.0267 e. The Hall–Kier alpha value is -1.42. The Morgan fingerprint density at radius 2 is 1.65 bits per heavy atom. The first-order valence-electron chi connectivity index (χ1n) is 4.40. The van der Waals surface area contributed by atoms with Crippen LogP contribution in [0, 0.1) is 0 Å². The predicted octanol–water partition coefficient (Wildman–Crippen LogP) is 2.55. The number of nitrogens with zero attached hydrogens (tertiary/aromatic N) is 2. The number of carbonyl (C=O) groups is 1. The number of rotatable bonds is 1. The molecule has 2 aromatic rings. The van der Waals surface area contributed by atoms with Crippen LogP contribution in [0.25, 0.3) is 0 Å². The van der Waals surface area contributed by atoms with Gasteiger partial charge in [-0.25, -0.2) is 4.79 Å². The van der Waals surface area contributed by atoms with Crippen LogP contribution in [0.15, 0.2) is 55.1 Å². The standard InChI is InChI=1S/C6H5NO2.C5H5N.ClH.Cu/c8-6(9)5-2-1-3-7-4-5;1-2-4-6-5-3-1;;/h1-4H,(H,8,9);1-5H;1H;/q;;;+1/p-1. The number of carboxylic acids is 1. The topological polar surface area (TPSA) is 63.1 Å². The summed E-state index contributed by atoms with van der Waals surface area (Å²) in [5.74, 6) is -0.942.